The second-order valence-corrected chi connectivity index (χ2v) is 4.85. The summed E-state index contributed by atoms with van der Waals surface area (Å²) in [7, 11) is 0. The molecule has 0 bridgehead atoms. The molecule has 4 heteroatoms. The van der Waals surface area contributed by atoms with Gasteiger partial charge in [0.2, 0.25) is 0 Å². The third kappa shape index (κ3) is 2.37. The first-order valence-corrected chi connectivity index (χ1v) is 6.59. The van der Waals surface area contributed by atoms with Gasteiger partial charge >= 0.3 is 0 Å². The second-order valence-electron chi connectivity index (χ2n) is 4.85. The van der Waals surface area contributed by atoms with Gasteiger partial charge in [0, 0.05) is 18.4 Å². The molecule has 0 aliphatic heterocycles. The molecule has 1 aliphatic rings. The zero-order chi connectivity index (χ0) is 12.4. The van der Waals surface area contributed by atoms with Gasteiger partial charge in [-0.1, -0.05) is 6.92 Å². The standard InChI is InChI=1S/C14H18N4/c1-2-13(11-4-5-11)17-12-6-7-14(15-10-12)18-9-3-8-16-18/h3,6-11,13,17H,2,4-5H2,1H3. The zero-order valence-electron chi connectivity index (χ0n) is 10.6. The van der Waals surface area contributed by atoms with Crippen LogP contribution in [-0.2, 0) is 0 Å². The Hall–Kier alpha value is -1.84. The van der Waals surface area contributed by atoms with E-state index in [0.29, 0.717) is 6.04 Å². The monoisotopic (exact) mass is 242 g/mol. The molecule has 2 heterocycles. The maximum atomic E-state index is 4.43. The van der Waals surface area contributed by atoms with Gasteiger partial charge in [-0.2, -0.15) is 5.10 Å². The first-order chi connectivity index (χ1) is 8.86. The molecule has 3 rings (SSSR count). The van der Waals surface area contributed by atoms with Crippen molar-refractivity contribution in [3.05, 3.63) is 36.8 Å². The van der Waals surface area contributed by atoms with Crippen molar-refractivity contribution >= 4 is 5.69 Å². The SMILES string of the molecule is CCC(Nc1ccc(-n2cccn2)nc1)C1CC1. The number of aromatic nitrogens is 3. The molecule has 0 amide bonds. The van der Waals surface area contributed by atoms with Crippen LogP contribution in [-0.4, -0.2) is 20.8 Å². The van der Waals surface area contributed by atoms with E-state index in [4.69, 9.17) is 0 Å². The molecular weight excluding hydrogens is 224 g/mol. The van der Waals surface area contributed by atoms with Crippen LogP contribution in [0.2, 0.25) is 0 Å². The lowest BCUT2D eigenvalue weighted by Gasteiger charge is -2.17. The molecule has 4 nitrogen and oxygen atoms in total. The number of nitrogens with zero attached hydrogens (tertiary/aromatic N) is 3. The smallest absolute Gasteiger partial charge is 0.153 e. The van der Waals surface area contributed by atoms with Crippen molar-refractivity contribution in [2.45, 2.75) is 32.2 Å². The molecule has 0 radical (unpaired) electrons. The van der Waals surface area contributed by atoms with E-state index in [0.717, 1.165) is 17.4 Å². The Labute approximate surface area is 107 Å². The normalized spacial score (nSPS) is 16.5. The van der Waals surface area contributed by atoms with Crippen molar-refractivity contribution in [3.63, 3.8) is 0 Å². The summed E-state index contributed by atoms with van der Waals surface area (Å²) in [6.45, 7) is 2.24. The van der Waals surface area contributed by atoms with Crippen molar-refractivity contribution in [1.29, 1.82) is 0 Å². The third-order valence-electron chi connectivity index (χ3n) is 3.47. The lowest BCUT2D eigenvalue weighted by Crippen LogP contribution is -2.20. The number of nitrogens with one attached hydrogen (secondary N) is 1. The summed E-state index contributed by atoms with van der Waals surface area (Å²) in [5, 5.41) is 7.74. The van der Waals surface area contributed by atoms with Gasteiger partial charge in [-0.05, 0) is 43.4 Å². The fourth-order valence-electron chi connectivity index (χ4n) is 2.28. The Morgan fingerprint density at radius 1 is 1.44 bits per heavy atom. The third-order valence-corrected chi connectivity index (χ3v) is 3.47. The van der Waals surface area contributed by atoms with Gasteiger partial charge in [-0.3, -0.25) is 0 Å². The molecule has 1 aliphatic carbocycles. The van der Waals surface area contributed by atoms with E-state index >= 15 is 0 Å². The minimum absolute atomic E-state index is 0.599. The number of rotatable bonds is 5. The maximum absolute atomic E-state index is 4.43. The predicted octanol–water partition coefficient (Wildman–Crippen LogP) is 2.87. The minimum atomic E-state index is 0.599. The molecule has 1 saturated carbocycles. The van der Waals surface area contributed by atoms with Gasteiger partial charge in [-0.15, -0.1) is 0 Å². The second kappa shape index (κ2) is 4.80. The fraction of sp³-hybridized carbons (Fsp3) is 0.429. The highest BCUT2D eigenvalue weighted by Gasteiger charge is 2.29. The molecule has 2 aromatic heterocycles. The lowest BCUT2D eigenvalue weighted by atomic mass is 10.1. The van der Waals surface area contributed by atoms with Crippen LogP contribution in [0.25, 0.3) is 5.82 Å². The predicted molar refractivity (Wildman–Crippen MR) is 71.8 cm³/mol. The molecule has 0 aromatic carbocycles. The summed E-state index contributed by atoms with van der Waals surface area (Å²) in [4.78, 5) is 4.43. The van der Waals surface area contributed by atoms with Crippen LogP contribution in [0.3, 0.4) is 0 Å². The average molecular weight is 242 g/mol. The van der Waals surface area contributed by atoms with Gasteiger partial charge in [0.1, 0.15) is 0 Å². The molecule has 2 aromatic rings. The Morgan fingerprint density at radius 2 is 2.33 bits per heavy atom. The Balaban J connectivity index is 1.70. The highest BCUT2D eigenvalue weighted by Crippen LogP contribution is 2.35. The number of hydrogen-bond acceptors (Lipinski definition) is 3. The summed E-state index contributed by atoms with van der Waals surface area (Å²) >= 11 is 0. The van der Waals surface area contributed by atoms with E-state index in [2.05, 4.69) is 28.4 Å². The molecule has 0 spiro atoms. The number of pyridine rings is 1. The fourth-order valence-corrected chi connectivity index (χ4v) is 2.28. The van der Waals surface area contributed by atoms with E-state index in [-0.39, 0.29) is 0 Å². The lowest BCUT2D eigenvalue weighted by molar-refractivity contribution is 0.616. The summed E-state index contributed by atoms with van der Waals surface area (Å²) in [6.07, 6.45) is 9.45. The highest BCUT2D eigenvalue weighted by atomic mass is 15.3. The van der Waals surface area contributed by atoms with Crippen LogP contribution in [0.5, 0.6) is 0 Å². The van der Waals surface area contributed by atoms with Crippen molar-refractivity contribution < 1.29 is 0 Å². The van der Waals surface area contributed by atoms with Gasteiger partial charge in [0.25, 0.3) is 0 Å². The number of hydrogen-bond donors (Lipinski definition) is 1. The Morgan fingerprint density at radius 3 is 2.89 bits per heavy atom. The summed E-state index contributed by atoms with van der Waals surface area (Å²) in [5.74, 6) is 1.71. The van der Waals surface area contributed by atoms with Gasteiger partial charge in [-0.25, -0.2) is 9.67 Å². The van der Waals surface area contributed by atoms with Crippen molar-refractivity contribution in [2.24, 2.45) is 5.92 Å². The number of anilines is 1. The largest absolute Gasteiger partial charge is 0.381 e. The molecule has 0 saturated heterocycles. The first-order valence-electron chi connectivity index (χ1n) is 6.59. The molecule has 94 valence electrons. The molecular formula is C14H18N4. The average Bonchev–Trinajstić information content (AvgIpc) is 3.11. The van der Waals surface area contributed by atoms with Gasteiger partial charge < -0.3 is 5.32 Å². The summed E-state index contributed by atoms with van der Waals surface area (Å²) in [5.41, 5.74) is 1.10. The van der Waals surface area contributed by atoms with Gasteiger partial charge in [0.05, 0.1) is 11.9 Å². The molecule has 1 N–H and O–H groups in total. The molecule has 1 atom stereocenters. The van der Waals surface area contributed by atoms with E-state index in [9.17, 15) is 0 Å². The van der Waals surface area contributed by atoms with Crippen LogP contribution in [0, 0.1) is 5.92 Å². The van der Waals surface area contributed by atoms with Crippen molar-refractivity contribution in [3.8, 4) is 5.82 Å². The van der Waals surface area contributed by atoms with Crippen LogP contribution in [0.1, 0.15) is 26.2 Å². The van der Waals surface area contributed by atoms with Crippen LogP contribution >= 0.6 is 0 Å². The minimum Gasteiger partial charge on any atom is -0.381 e. The molecule has 1 fully saturated rings. The van der Waals surface area contributed by atoms with Crippen LogP contribution < -0.4 is 5.32 Å². The summed E-state index contributed by atoms with van der Waals surface area (Å²) in [6, 6.07) is 6.57. The quantitative estimate of drug-likeness (QED) is 0.876. The Kier molecular flexibility index (Phi) is 3.00. The van der Waals surface area contributed by atoms with E-state index < -0.39 is 0 Å². The van der Waals surface area contributed by atoms with Crippen LogP contribution in [0.15, 0.2) is 36.8 Å². The first kappa shape index (κ1) is 11.3. The summed E-state index contributed by atoms with van der Waals surface area (Å²) < 4.78 is 1.77. The van der Waals surface area contributed by atoms with E-state index in [1.807, 2.05) is 24.5 Å². The molecule has 18 heavy (non-hydrogen) atoms. The molecule has 1 unspecified atom stereocenters. The van der Waals surface area contributed by atoms with E-state index in [1.54, 1.807) is 10.9 Å². The Bertz CT molecular complexity index is 485. The van der Waals surface area contributed by atoms with Crippen molar-refractivity contribution in [2.75, 3.05) is 5.32 Å². The van der Waals surface area contributed by atoms with Gasteiger partial charge in [0.15, 0.2) is 5.82 Å². The van der Waals surface area contributed by atoms with E-state index in [1.165, 1.54) is 19.3 Å². The topological polar surface area (TPSA) is 42.7 Å². The zero-order valence-corrected chi connectivity index (χ0v) is 10.6. The highest BCUT2D eigenvalue weighted by molar-refractivity contribution is 5.44. The maximum Gasteiger partial charge on any atom is 0.153 e. The van der Waals surface area contributed by atoms with Crippen molar-refractivity contribution in [1.82, 2.24) is 14.8 Å². The van der Waals surface area contributed by atoms with Crippen LogP contribution in [0.4, 0.5) is 5.69 Å².